The van der Waals surface area contributed by atoms with Crippen molar-refractivity contribution in [1.82, 2.24) is 9.97 Å². The molecule has 1 aromatic heterocycles. The summed E-state index contributed by atoms with van der Waals surface area (Å²) in [5.74, 6) is 1.27. The Kier molecular flexibility index (Phi) is 5.04. The van der Waals surface area contributed by atoms with E-state index in [-0.39, 0.29) is 0 Å². The van der Waals surface area contributed by atoms with Crippen molar-refractivity contribution in [3.8, 4) is 0 Å². The van der Waals surface area contributed by atoms with Gasteiger partial charge in [-0.25, -0.2) is 9.97 Å². The lowest BCUT2D eigenvalue weighted by Gasteiger charge is -2.28. The summed E-state index contributed by atoms with van der Waals surface area (Å²) >= 11 is 1.68. The number of nitrogens with zero attached hydrogens (tertiary/aromatic N) is 2. The van der Waals surface area contributed by atoms with Crippen molar-refractivity contribution in [1.29, 1.82) is 0 Å². The van der Waals surface area contributed by atoms with Crippen molar-refractivity contribution in [2.45, 2.75) is 57.2 Å². The molecule has 20 heavy (non-hydrogen) atoms. The Morgan fingerprint density at radius 3 is 2.55 bits per heavy atom. The minimum atomic E-state index is -0.638. The van der Waals surface area contributed by atoms with Gasteiger partial charge in [-0.2, -0.15) is 0 Å². The molecule has 0 amide bonds. The van der Waals surface area contributed by atoms with E-state index in [1.165, 1.54) is 5.56 Å². The Balaban J connectivity index is 1.90. The molecule has 0 aromatic carbocycles. The normalized spacial score (nSPS) is 26.1. The summed E-state index contributed by atoms with van der Waals surface area (Å²) in [6.45, 7) is 6.48. The number of aromatic nitrogens is 2. The molecule has 0 saturated heterocycles. The number of aliphatic hydroxyl groups is 1. The maximum Gasteiger partial charge on any atom is 0.187 e. The van der Waals surface area contributed by atoms with Gasteiger partial charge >= 0.3 is 0 Å². The van der Waals surface area contributed by atoms with Crippen molar-refractivity contribution < 1.29 is 5.11 Å². The minimum Gasteiger partial charge on any atom is -0.388 e. The highest BCUT2D eigenvalue weighted by Crippen LogP contribution is 2.38. The van der Waals surface area contributed by atoms with Gasteiger partial charge in [-0.3, -0.25) is 0 Å². The fourth-order valence-corrected chi connectivity index (χ4v) is 3.90. The lowest BCUT2D eigenvalue weighted by atomic mass is 9.89. The zero-order valence-electron chi connectivity index (χ0n) is 12.6. The van der Waals surface area contributed by atoms with Crippen LogP contribution < -0.4 is 5.73 Å². The molecule has 2 rings (SSSR count). The number of nitrogens with two attached hydrogens (primary N) is 1. The van der Waals surface area contributed by atoms with Gasteiger partial charge in [0, 0.05) is 23.7 Å². The molecule has 1 heterocycles. The van der Waals surface area contributed by atoms with Crippen LogP contribution >= 0.6 is 11.8 Å². The molecule has 5 heteroatoms. The van der Waals surface area contributed by atoms with E-state index in [1.807, 2.05) is 13.8 Å². The van der Waals surface area contributed by atoms with Crippen LogP contribution in [0.1, 0.15) is 42.6 Å². The zero-order valence-corrected chi connectivity index (χ0v) is 13.5. The molecule has 4 nitrogen and oxygen atoms in total. The van der Waals surface area contributed by atoms with Crippen LogP contribution in [0.25, 0.3) is 0 Å². The Morgan fingerprint density at radius 2 is 1.95 bits per heavy atom. The van der Waals surface area contributed by atoms with E-state index in [0.29, 0.717) is 12.5 Å². The van der Waals surface area contributed by atoms with Gasteiger partial charge in [0.2, 0.25) is 0 Å². The maximum absolute atomic E-state index is 10.4. The molecular weight excluding hydrogens is 270 g/mol. The van der Waals surface area contributed by atoms with Crippen LogP contribution in [-0.2, 0) is 0 Å². The van der Waals surface area contributed by atoms with E-state index in [1.54, 1.807) is 11.8 Å². The molecule has 2 atom stereocenters. The van der Waals surface area contributed by atoms with Crippen molar-refractivity contribution in [3.63, 3.8) is 0 Å². The average Bonchev–Trinajstić information content (AvgIpc) is 2.78. The van der Waals surface area contributed by atoms with Gasteiger partial charge in [-0.1, -0.05) is 18.2 Å². The fourth-order valence-electron chi connectivity index (χ4n) is 2.91. The summed E-state index contributed by atoms with van der Waals surface area (Å²) < 4.78 is 0. The minimum absolute atomic E-state index is 0.327. The Bertz CT molecular complexity index is 457. The molecule has 1 fully saturated rings. The predicted octanol–water partition coefficient (Wildman–Crippen LogP) is 2.37. The van der Waals surface area contributed by atoms with Gasteiger partial charge < -0.3 is 10.8 Å². The lowest BCUT2D eigenvalue weighted by Crippen LogP contribution is -2.41. The molecule has 112 valence electrons. The number of hydrogen-bond donors (Lipinski definition) is 2. The molecule has 0 aliphatic heterocycles. The monoisotopic (exact) mass is 295 g/mol. The molecule has 0 bridgehead atoms. The van der Waals surface area contributed by atoms with E-state index in [0.717, 1.165) is 48.0 Å². The summed E-state index contributed by atoms with van der Waals surface area (Å²) in [5.41, 5.74) is 8.36. The Labute approximate surface area is 125 Å². The molecule has 1 saturated carbocycles. The first-order valence-corrected chi connectivity index (χ1v) is 8.32. The second-order valence-corrected chi connectivity index (χ2v) is 6.90. The van der Waals surface area contributed by atoms with Crippen LogP contribution in [0.15, 0.2) is 5.16 Å². The molecule has 0 radical (unpaired) electrons. The van der Waals surface area contributed by atoms with Crippen LogP contribution in [0.2, 0.25) is 0 Å². The lowest BCUT2D eigenvalue weighted by molar-refractivity contribution is 0.0103. The van der Waals surface area contributed by atoms with E-state index in [9.17, 15) is 5.11 Å². The third kappa shape index (κ3) is 3.32. The van der Waals surface area contributed by atoms with E-state index in [2.05, 4.69) is 16.9 Å². The van der Waals surface area contributed by atoms with Gasteiger partial charge in [0.15, 0.2) is 5.16 Å². The fraction of sp³-hybridized carbons (Fsp3) is 0.733. The summed E-state index contributed by atoms with van der Waals surface area (Å²) in [7, 11) is 0. The molecule has 1 aliphatic carbocycles. The molecular formula is C15H25N3OS. The third-order valence-corrected chi connectivity index (χ3v) is 5.47. The Hall–Kier alpha value is -0.650. The SMILES string of the molecule is Cc1nc(SCCC2CCCC2(O)CN)nc(C)c1C. The highest BCUT2D eigenvalue weighted by atomic mass is 32.2. The predicted molar refractivity (Wildman–Crippen MR) is 82.9 cm³/mol. The molecule has 1 aromatic rings. The molecule has 2 unspecified atom stereocenters. The molecule has 1 aliphatic rings. The van der Waals surface area contributed by atoms with Gasteiger partial charge in [-0.15, -0.1) is 0 Å². The van der Waals surface area contributed by atoms with Crippen molar-refractivity contribution in [2.75, 3.05) is 12.3 Å². The van der Waals surface area contributed by atoms with Crippen LogP contribution in [0.4, 0.5) is 0 Å². The number of thioether (sulfide) groups is 1. The van der Waals surface area contributed by atoms with Gasteiger partial charge in [-0.05, 0) is 51.5 Å². The topological polar surface area (TPSA) is 72.0 Å². The second-order valence-electron chi connectivity index (χ2n) is 5.84. The Morgan fingerprint density at radius 1 is 1.30 bits per heavy atom. The highest BCUT2D eigenvalue weighted by molar-refractivity contribution is 7.99. The maximum atomic E-state index is 10.4. The summed E-state index contributed by atoms with van der Waals surface area (Å²) in [4.78, 5) is 9.04. The molecule has 3 N–H and O–H groups in total. The summed E-state index contributed by atoms with van der Waals surface area (Å²) in [6.07, 6.45) is 4.00. The van der Waals surface area contributed by atoms with Gasteiger partial charge in [0.25, 0.3) is 0 Å². The van der Waals surface area contributed by atoms with E-state index < -0.39 is 5.60 Å². The largest absolute Gasteiger partial charge is 0.388 e. The standard InChI is InChI=1S/C15H25N3OS/c1-10-11(2)17-14(18-12(10)3)20-8-6-13-5-4-7-15(13,19)9-16/h13,19H,4-9,16H2,1-3H3. The smallest absolute Gasteiger partial charge is 0.187 e. The van der Waals surface area contributed by atoms with Crippen LogP contribution in [0, 0.1) is 26.7 Å². The average molecular weight is 295 g/mol. The zero-order chi connectivity index (χ0) is 14.8. The van der Waals surface area contributed by atoms with Crippen LogP contribution in [-0.4, -0.2) is 33.0 Å². The van der Waals surface area contributed by atoms with Crippen LogP contribution in [0.5, 0.6) is 0 Å². The molecule has 0 spiro atoms. The van der Waals surface area contributed by atoms with E-state index >= 15 is 0 Å². The number of rotatable bonds is 5. The summed E-state index contributed by atoms with van der Waals surface area (Å²) in [5, 5.41) is 11.3. The first-order valence-electron chi connectivity index (χ1n) is 7.33. The summed E-state index contributed by atoms with van der Waals surface area (Å²) in [6, 6.07) is 0. The van der Waals surface area contributed by atoms with Crippen molar-refractivity contribution >= 4 is 11.8 Å². The van der Waals surface area contributed by atoms with Crippen molar-refractivity contribution in [3.05, 3.63) is 17.0 Å². The highest BCUT2D eigenvalue weighted by Gasteiger charge is 2.39. The number of hydrogen-bond acceptors (Lipinski definition) is 5. The first kappa shape index (κ1) is 15.7. The van der Waals surface area contributed by atoms with Gasteiger partial charge in [0.1, 0.15) is 0 Å². The van der Waals surface area contributed by atoms with Gasteiger partial charge in [0.05, 0.1) is 5.60 Å². The van der Waals surface area contributed by atoms with E-state index in [4.69, 9.17) is 5.73 Å². The first-order chi connectivity index (χ1) is 9.46. The number of aryl methyl sites for hydroxylation is 2. The third-order valence-electron chi connectivity index (χ3n) is 4.59. The van der Waals surface area contributed by atoms with Crippen molar-refractivity contribution in [2.24, 2.45) is 11.7 Å². The second kappa shape index (κ2) is 6.41. The van der Waals surface area contributed by atoms with Crippen LogP contribution in [0.3, 0.4) is 0 Å². The quantitative estimate of drug-likeness (QED) is 0.644.